The van der Waals surface area contributed by atoms with Gasteiger partial charge >= 0.3 is 0 Å². The smallest absolute Gasteiger partial charge is 0.282 e. The summed E-state index contributed by atoms with van der Waals surface area (Å²) in [7, 11) is 0. The Kier molecular flexibility index (Phi) is 8.46. The molecule has 1 aromatic heterocycles. The lowest BCUT2D eigenvalue weighted by molar-refractivity contribution is -0.119. The maximum absolute atomic E-state index is 13.2. The van der Waals surface area contributed by atoms with Gasteiger partial charge in [0.05, 0.1) is 28.7 Å². The van der Waals surface area contributed by atoms with E-state index in [9.17, 15) is 9.59 Å². The molecule has 0 aliphatic carbocycles. The van der Waals surface area contributed by atoms with Gasteiger partial charge in [-0.3, -0.25) is 9.59 Å². The highest BCUT2D eigenvalue weighted by molar-refractivity contribution is 9.10. The lowest BCUT2D eigenvalue weighted by Gasteiger charge is -2.13. The molecule has 3 rings (SSSR count). The summed E-state index contributed by atoms with van der Waals surface area (Å²) in [6.45, 7) is 3.91. The second-order valence-electron chi connectivity index (χ2n) is 7.17. The molecule has 0 fully saturated rings. The molecule has 0 unspecified atom stereocenters. The van der Waals surface area contributed by atoms with E-state index in [-0.39, 0.29) is 22.9 Å². The quantitative estimate of drug-likeness (QED) is 0.389. The van der Waals surface area contributed by atoms with Gasteiger partial charge in [0.2, 0.25) is 0 Å². The lowest BCUT2D eigenvalue weighted by atomic mass is 10.2. The van der Waals surface area contributed by atoms with E-state index in [1.54, 1.807) is 18.2 Å². The minimum Gasteiger partial charge on any atom is -0.490 e. The zero-order chi connectivity index (χ0) is 24.0. The van der Waals surface area contributed by atoms with Crippen molar-refractivity contribution in [1.82, 2.24) is 9.66 Å². The van der Waals surface area contributed by atoms with E-state index in [1.165, 1.54) is 10.9 Å². The molecule has 33 heavy (non-hydrogen) atoms. The number of hydrogen-bond acceptors (Lipinski definition) is 6. The average Bonchev–Trinajstić information content (AvgIpc) is 2.77. The number of rotatable bonds is 10. The van der Waals surface area contributed by atoms with Crippen LogP contribution in [0.3, 0.4) is 0 Å². The number of carbonyl (C=O) groups excluding carboxylic acids is 1. The van der Waals surface area contributed by atoms with Crippen molar-refractivity contribution in [3.05, 3.63) is 61.6 Å². The van der Waals surface area contributed by atoms with Gasteiger partial charge in [0.25, 0.3) is 11.5 Å². The van der Waals surface area contributed by atoms with Crippen molar-refractivity contribution in [2.24, 2.45) is 10.8 Å². The van der Waals surface area contributed by atoms with Gasteiger partial charge in [-0.05, 0) is 49.2 Å². The number of amides is 1. The molecule has 1 amide bonds. The number of fused-ring (bicyclic) bond motifs is 1. The van der Waals surface area contributed by atoms with Crippen LogP contribution < -0.4 is 20.8 Å². The number of aryl methyl sites for hydroxylation is 1. The Bertz CT molecular complexity index is 1260. The standard InChI is InChI=1S/C23H24BrClN4O4/c1-3-5-6-21-28-18-8-7-15(24)11-16(18)23(31)29(21)27-12-14-9-17(25)22(33-13-20(26)30)19(10-14)32-4-2/h7-12H,3-6,13H2,1-2H3,(H2,26,30). The zero-order valence-corrected chi connectivity index (χ0v) is 20.6. The molecule has 0 aliphatic heterocycles. The predicted octanol–water partition coefficient (Wildman–Crippen LogP) is 4.30. The first-order chi connectivity index (χ1) is 15.8. The number of aromatic nitrogens is 2. The Hall–Kier alpha value is -2.91. The van der Waals surface area contributed by atoms with Gasteiger partial charge in [-0.25, -0.2) is 4.98 Å². The van der Waals surface area contributed by atoms with E-state index in [4.69, 9.17) is 26.8 Å². The molecule has 0 saturated carbocycles. The number of hydrogen-bond donors (Lipinski definition) is 1. The first kappa shape index (κ1) is 24.7. The van der Waals surface area contributed by atoms with E-state index < -0.39 is 5.91 Å². The van der Waals surface area contributed by atoms with E-state index >= 15 is 0 Å². The summed E-state index contributed by atoms with van der Waals surface area (Å²) >= 11 is 9.76. The van der Waals surface area contributed by atoms with Crippen LogP contribution in [-0.4, -0.2) is 35.0 Å². The Balaban J connectivity index is 2.06. The van der Waals surface area contributed by atoms with Crippen molar-refractivity contribution in [2.75, 3.05) is 13.2 Å². The van der Waals surface area contributed by atoms with Crippen LogP contribution >= 0.6 is 27.5 Å². The van der Waals surface area contributed by atoms with Crippen LogP contribution in [0.2, 0.25) is 5.02 Å². The molecular weight excluding hydrogens is 512 g/mol. The number of benzene rings is 2. The molecule has 1 heterocycles. The number of primary amides is 1. The number of nitrogens with two attached hydrogens (primary N) is 1. The van der Waals surface area contributed by atoms with E-state index in [0.717, 1.165) is 17.3 Å². The minimum absolute atomic E-state index is 0.215. The van der Waals surface area contributed by atoms with Crippen molar-refractivity contribution in [3.63, 3.8) is 0 Å². The first-order valence-electron chi connectivity index (χ1n) is 10.5. The van der Waals surface area contributed by atoms with Gasteiger partial charge in [-0.15, -0.1) is 0 Å². The normalized spacial score (nSPS) is 11.3. The summed E-state index contributed by atoms with van der Waals surface area (Å²) in [5, 5.41) is 5.11. The van der Waals surface area contributed by atoms with Gasteiger partial charge < -0.3 is 15.2 Å². The van der Waals surface area contributed by atoms with E-state index in [2.05, 4.69) is 32.9 Å². The van der Waals surface area contributed by atoms with Gasteiger partial charge in [0.1, 0.15) is 5.82 Å². The van der Waals surface area contributed by atoms with Crippen LogP contribution in [0.25, 0.3) is 10.9 Å². The summed E-state index contributed by atoms with van der Waals surface area (Å²) < 4.78 is 13.1. The van der Waals surface area contributed by atoms with Crippen molar-refractivity contribution in [1.29, 1.82) is 0 Å². The Labute approximate surface area is 204 Å². The second kappa shape index (κ2) is 11.3. The van der Waals surface area contributed by atoms with E-state index in [0.29, 0.717) is 41.1 Å². The molecule has 0 atom stereocenters. The monoisotopic (exact) mass is 534 g/mol. The molecule has 10 heteroatoms. The number of unbranched alkanes of at least 4 members (excludes halogenated alkanes) is 1. The SMILES string of the molecule is CCCCc1nc2ccc(Br)cc2c(=O)n1N=Cc1cc(Cl)c(OCC(N)=O)c(OCC)c1. The average molecular weight is 536 g/mol. The lowest BCUT2D eigenvalue weighted by Crippen LogP contribution is -2.22. The highest BCUT2D eigenvalue weighted by atomic mass is 79.9. The Morgan fingerprint density at radius 3 is 2.76 bits per heavy atom. The Morgan fingerprint density at radius 1 is 1.27 bits per heavy atom. The molecule has 174 valence electrons. The third-order valence-electron chi connectivity index (χ3n) is 4.64. The largest absolute Gasteiger partial charge is 0.490 e. The fourth-order valence-corrected chi connectivity index (χ4v) is 3.78. The van der Waals surface area contributed by atoms with Crippen molar-refractivity contribution in [3.8, 4) is 11.5 Å². The first-order valence-corrected chi connectivity index (χ1v) is 11.6. The molecule has 0 bridgehead atoms. The highest BCUT2D eigenvalue weighted by Gasteiger charge is 2.14. The number of ether oxygens (including phenoxy) is 2. The number of nitrogens with zero attached hydrogens (tertiary/aromatic N) is 3. The summed E-state index contributed by atoms with van der Waals surface area (Å²) in [5.41, 5.74) is 6.10. The van der Waals surface area contributed by atoms with Crippen LogP contribution in [0.15, 0.2) is 44.7 Å². The minimum atomic E-state index is -0.631. The molecule has 8 nitrogen and oxygen atoms in total. The molecule has 0 aliphatic rings. The summed E-state index contributed by atoms with van der Waals surface area (Å²) in [6.07, 6.45) is 3.95. The topological polar surface area (TPSA) is 109 Å². The zero-order valence-electron chi connectivity index (χ0n) is 18.3. The molecular formula is C23H24BrClN4O4. The summed E-state index contributed by atoms with van der Waals surface area (Å²) in [6, 6.07) is 8.66. The maximum Gasteiger partial charge on any atom is 0.282 e. The molecule has 2 aromatic carbocycles. The third kappa shape index (κ3) is 6.11. The van der Waals surface area contributed by atoms with Gasteiger partial charge in [0.15, 0.2) is 18.1 Å². The van der Waals surface area contributed by atoms with Crippen LogP contribution in [0.4, 0.5) is 0 Å². The van der Waals surface area contributed by atoms with Crippen molar-refractivity contribution in [2.45, 2.75) is 33.1 Å². The molecule has 2 N–H and O–H groups in total. The van der Waals surface area contributed by atoms with Crippen LogP contribution in [-0.2, 0) is 11.2 Å². The fraction of sp³-hybridized carbons (Fsp3) is 0.304. The Morgan fingerprint density at radius 2 is 2.06 bits per heavy atom. The molecule has 0 radical (unpaired) electrons. The number of halogens is 2. The summed E-state index contributed by atoms with van der Waals surface area (Å²) in [5.74, 6) is 0.498. The van der Waals surface area contributed by atoms with Crippen LogP contribution in [0, 0.1) is 0 Å². The molecule has 0 saturated heterocycles. The molecule has 3 aromatic rings. The van der Waals surface area contributed by atoms with Gasteiger partial charge in [-0.1, -0.05) is 40.9 Å². The van der Waals surface area contributed by atoms with Crippen molar-refractivity contribution < 1.29 is 14.3 Å². The van der Waals surface area contributed by atoms with E-state index in [1.807, 2.05) is 19.1 Å². The predicted molar refractivity (Wildman–Crippen MR) is 133 cm³/mol. The van der Waals surface area contributed by atoms with Crippen molar-refractivity contribution >= 4 is 50.6 Å². The highest BCUT2D eigenvalue weighted by Crippen LogP contribution is 2.36. The summed E-state index contributed by atoms with van der Waals surface area (Å²) in [4.78, 5) is 28.9. The van der Waals surface area contributed by atoms with Crippen LogP contribution in [0.1, 0.15) is 38.1 Å². The number of carbonyl (C=O) groups is 1. The van der Waals surface area contributed by atoms with Gasteiger partial charge in [-0.2, -0.15) is 9.78 Å². The third-order valence-corrected chi connectivity index (χ3v) is 5.42. The van der Waals surface area contributed by atoms with Gasteiger partial charge in [0, 0.05) is 10.9 Å². The maximum atomic E-state index is 13.2. The second-order valence-corrected chi connectivity index (χ2v) is 8.50. The van der Waals surface area contributed by atoms with Crippen LogP contribution in [0.5, 0.6) is 11.5 Å². The molecule has 0 spiro atoms. The fourth-order valence-electron chi connectivity index (χ4n) is 3.14.